The molecule has 0 saturated carbocycles. The van der Waals surface area contributed by atoms with Gasteiger partial charge in [0.25, 0.3) is 5.56 Å². The number of halogens is 4. The van der Waals surface area contributed by atoms with Gasteiger partial charge in [0.05, 0.1) is 28.8 Å². The first-order valence-corrected chi connectivity index (χ1v) is 7.00. The van der Waals surface area contributed by atoms with Crippen molar-refractivity contribution in [1.29, 1.82) is 0 Å². The van der Waals surface area contributed by atoms with Gasteiger partial charge < -0.3 is 0 Å². The Labute approximate surface area is 133 Å². The Morgan fingerprint density at radius 2 is 1.95 bits per heavy atom. The molecule has 3 aromatic rings. The molecular weight excluding hydrogens is 333 g/mol. The van der Waals surface area contributed by atoms with Crippen molar-refractivity contribution in [3.63, 3.8) is 0 Å². The summed E-state index contributed by atoms with van der Waals surface area (Å²) < 4.78 is 28.1. The lowest BCUT2D eigenvalue weighted by Gasteiger charge is -2.09. The van der Waals surface area contributed by atoms with Crippen LogP contribution in [0, 0.1) is 11.6 Å². The first-order valence-electron chi connectivity index (χ1n) is 6.24. The summed E-state index contributed by atoms with van der Waals surface area (Å²) in [5, 5.41) is 0.770. The van der Waals surface area contributed by atoms with E-state index >= 15 is 0 Å². The molecule has 3 rings (SSSR count). The van der Waals surface area contributed by atoms with Crippen LogP contribution in [-0.4, -0.2) is 9.55 Å². The first-order chi connectivity index (χ1) is 10.5. The highest BCUT2D eigenvalue weighted by Gasteiger charge is 2.12. The monoisotopic (exact) mass is 340 g/mol. The largest absolute Gasteiger partial charge is 0.294 e. The molecule has 0 radical (unpaired) electrons. The zero-order valence-electron chi connectivity index (χ0n) is 11.0. The Morgan fingerprint density at radius 1 is 1.18 bits per heavy atom. The van der Waals surface area contributed by atoms with E-state index in [-0.39, 0.29) is 22.5 Å². The SMILES string of the molecule is O=c1c2cc(Cl)cc(Cl)c2ncn1Cc1cccc(F)c1F. The predicted octanol–water partition coefficient (Wildman–Crippen LogP) is 4.03. The first kappa shape index (κ1) is 14.9. The third-order valence-electron chi connectivity index (χ3n) is 3.22. The Morgan fingerprint density at radius 3 is 2.73 bits per heavy atom. The van der Waals surface area contributed by atoms with E-state index in [1.807, 2.05) is 0 Å². The molecule has 22 heavy (non-hydrogen) atoms. The van der Waals surface area contributed by atoms with Crippen LogP contribution in [0.2, 0.25) is 10.0 Å². The second-order valence-corrected chi connectivity index (χ2v) is 5.52. The fourth-order valence-electron chi connectivity index (χ4n) is 2.16. The van der Waals surface area contributed by atoms with Crippen molar-refractivity contribution in [3.05, 3.63) is 74.3 Å². The molecule has 0 amide bonds. The average molecular weight is 341 g/mol. The summed E-state index contributed by atoms with van der Waals surface area (Å²) in [4.78, 5) is 16.5. The lowest BCUT2D eigenvalue weighted by atomic mass is 10.2. The number of aromatic nitrogens is 2. The number of fused-ring (bicyclic) bond motifs is 1. The predicted molar refractivity (Wildman–Crippen MR) is 81.5 cm³/mol. The maximum Gasteiger partial charge on any atom is 0.261 e. The molecule has 0 aliphatic rings. The van der Waals surface area contributed by atoms with Gasteiger partial charge in [-0.05, 0) is 18.2 Å². The van der Waals surface area contributed by atoms with E-state index in [0.29, 0.717) is 10.5 Å². The molecule has 3 nitrogen and oxygen atoms in total. The van der Waals surface area contributed by atoms with Gasteiger partial charge in [0, 0.05) is 10.6 Å². The van der Waals surface area contributed by atoms with Crippen molar-refractivity contribution >= 4 is 34.1 Å². The van der Waals surface area contributed by atoms with Gasteiger partial charge in [-0.3, -0.25) is 9.36 Å². The summed E-state index contributed by atoms with van der Waals surface area (Å²) in [6.07, 6.45) is 1.24. The fraction of sp³-hybridized carbons (Fsp3) is 0.0667. The standard InChI is InChI=1S/C15H8Cl2F2N2O/c16-9-4-10-14(11(17)5-9)20-7-21(15(10)22)6-8-2-1-3-12(18)13(8)19/h1-5,7H,6H2. The molecule has 0 atom stereocenters. The quantitative estimate of drug-likeness (QED) is 0.705. The molecule has 1 heterocycles. The Bertz CT molecular complexity index is 941. The van der Waals surface area contributed by atoms with Gasteiger partial charge in [-0.2, -0.15) is 0 Å². The van der Waals surface area contributed by atoms with Gasteiger partial charge in [0.15, 0.2) is 11.6 Å². The van der Waals surface area contributed by atoms with Crippen molar-refractivity contribution < 1.29 is 8.78 Å². The highest BCUT2D eigenvalue weighted by atomic mass is 35.5. The molecule has 2 aromatic carbocycles. The van der Waals surface area contributed by atoms with Crippen molar-refractivity contribution in [2.75, 3.05) is 0 Å². The second-order valence-electron chi connectivity index (χ2n) is 4.67. The van der Waals surface area contributed by atoms with Crippen LogP contribution in [0.5, 0.6) is 0 Å². The molecule has 0 aliphatic heterocycles. The molecule has 0 aliphatic carbocycles. The van der Waals surface area contributed by atoms with E-state index in [1.165, 1.54) is 35.2 Å². The maximum absolute atomic E-state index is 13.7. The van der Waals surface area contributed by atoms with Crippen molar-refractivity contribution in [2.24, 2.45) is 0 Å². The zero-order valence-corrected chi connectivity index (χ0v) is 12.5. The highest BCUT2D eigenvalue weighted by Crippen LogP contribution is 2.24. The summed E-state index contributed by atoms with van der Waals surface area (Å²) in [6.45, 7) is -0.143. The Hall–Kier alpha value is -1.98. The van der Waals surface area contributed by atoms with Gasteiger partial charge in [-0.1, -0.05) is 35.3 Å². The third-order valence-corrected chi connectivity index (χ3v) is 3.72. The second kappa shape index (κ2) is 5.66. The molecule has 112 valence electrons. The lowest BCUT2D eigenvalue weighted by molar-refractivity contribution is 0.494. The lowest BCUT2D eigenvalue weighted by Crippen LogP contribution is -2.22. The third kappa shape index (κ3) is 2.58. The Balaban J connectivity index is 2.15. The molecule has 0 saturated heterocycles. The smallest absolute Gasteiger partial charge is 0.261 e. The van der Waals surface area contributed by atoms with E-state index in [4.69, 9.17) is 23.2 Å². The van der Waals surface area contributed by atoms with E-state index in [9.17, 15) is 13.6 Å². The van der Waals surface area contributed by atoms with Gasteiger partial charge in [0.1, 0.15) is 0 Å². The molecule has 0 N–H and O–H groups in total. The van der Waals surface area contributed by atoms with Crippen molar-refractivity contribution in [3.8, 4) is 0 Å². The molecule has 0 bridgehead atoms. The number of nitrogens with zero attached hydrogens (tertiary/aromatic N) is 2. The van der Waals surface area contributed by atoms with Crippen LogP contribution in [0.4, 0.5) is 8.78 Å². The van der Waals surface area contributed by atoms with Gasteiger partial charge in [-0.15, -0.1) is 0 Å². The minimum Gasteiger partial charge on any atom is -0.294 e. The van der Waals surface area contributed by atoms with E-state index in [2.05, 4.69) is 4.98 Å². The van der Waals surface area contributed by atoms with Crippen molar-refractivity contribution in [2.45, 2.75) is 6.54 Å². The van der Waals surface area contributed by atoms with Crippen LogP contribution in [-0.2, 0) is 6.54 Å². The fourth-order valence-corrected chi connectivity index (χ4v) is 2.70. The molecule has 1 aromatic heterocycles. The summed E-state index contributed by atoms with van der Waals surface area (Å²) in [6, 6.07) is 6.71. The maximum atomic E-state index is 13.7. The average Bonchev–Trinajstić information content (AvgIpc) is 2.47. The minimum atomic E-state index is -0.987. The van der Waals surface area contributed by atoms with Crippen LogP contribution >= 0.6 is 23.2 Å². The normalized spacial score (nSPS) is 11.1. The molecule has 7 heteroatoms. The number of hydrogen-bond donors (Lipinski definition) is 0. The van der Waals surface area contributed by atoms with Crippen LogP contribution in [0.25, 0.3) is 10.9 Å². The summed E-state index contributed by atoms with van der Waals surface area (Å²) >= 11 is 11.9. The summed E-state index contributed by atoms with van der Waals surface area (Å²) in [5.41, 5.74) is -0.0681. The van der Waals surface area contributed by atoms with E-state index < -0.39 is 17.2 Å². The zero-order chi connectivity index (χ0) is 15.9. The van der Waals surface area contributed by atoms with Crippen molar-refractivity contribution in [1.82, 2.24) is 9.55 Å². The molecule has 0 spiro atoms. The van der Waals surface area contributed by atoms with E-state index in [1.54, 1.807) is 0 Å². The van der Waals surface area contributed by atoms with Crippen LogP contribution in [0.1, 0.15) is 5.56 Å². The summed E-state index contributed by atoms with van der Waals surface area (Å²) in [7, 11) is 0. The van der Waals surface area contributed by atoms with Crippen LogP contribution in [0.3, 0.4) is 0 Å². The molecule has 0 unspecified atom stereocenters. The molecular formula is C15H8Cl2F2N2O. The molecule has 0 fully saturated rings. The number of hydrogen-bond acceptors (Lipinski definition) is 2. The van der Waals surface area contributed by atoms with E-state index in [0.717, 1.165) is 6.07 Å². The Kier molecular flexibility index (Phi) is 3.85. The number of benzene rings is 2. The minimum absolute atomic E-state index is 0.0522. The number of rotatable bonds is 2. The van der Waals surface area contributed by atoms with Gasteiger partial charge in [-0.25, -0.2) is 13.8 Å². The topological polar surface area (TPSA) is 34.9 Å². The van der Waals surface area contributed by atoms with Gasteiger partial charge >= 0.3 is 0 Å². The highest BCUT2D eigenvalue weighted by molar-refractivity contribution is 6.38. The van der Waals surface area contributed by atoms with Crippen LogP contribution < -0.4 is 5.56 Å². The van der Waals surface area contributed by atoms with Crippen LogP contribution in [0.15, 0.2) is 41.5 Å². The van der Waals surface area contributed by atoms with Gasteiger partial charge in [0.2, 0.25) is 0 Å². The summed E-state index contributed by atoms with van der Waals surface area (Å²) in [5.74, 6) is -1.95.